The van der Waals surface area contributed by atoms with E-state index in [4.69, 9.17) is 4.74 Å². The topological polar surface area (TPSA) is 71.5 Å². The second-order valence-corrected chi connectivity index (χ2v) is 8.81. The van der Waals surface area contributed by atoms with Crippen molar-refractivity contribution in [1.29, 1.82) is 0 Å². The van der Waals surface area contributed by atoms with Crippen LogP contribution in [0, 0.1) is 0 Å². The Balaban J connectivity index is 1.72. The Morgan fingerprint density at radius 1 is 1.03 bits per heavy atom. The number of nitrogens with one attached hydrogen (secondary N) is 1. The van der Waals surface area contributed by atoms with Crippen molar-refractivity contribution in [3.63, 3.8) is 0 Å². The van der Waals surface area contributed by atoms with Crippen LogP contribution in [0.25, 0.3) is 0 Å². The molecule has 3 rings (SSSR count). The van der Waals surface area contributed by atoms with Crippen LogP contribution < -0.4 is 14.4 Å². The molecule has 1 aromatic heterocycles. The van der Waals surface area contributed by atoms with E-state index in [1.165, 1.54) is 10.5 Å². The van der Waals surface area contributed by atoms with E-state index >= 15 is 0 Å². The highest BCUT2D eigenvalue weighted by atomic mass is 32.2. The van der Waals surface area contributed by atoms with Gasteiger partial charge in [0.1, 0.15) is 16.5 Å². The molecule has 158 valence electrons. The lowest BCUT2D eigenvalue weighted by atomic mass is 10.1. The predicted octanol–water partition coefficient (Wildman–Crippen LogP) is 4.35. The van der Waals surface area contributed by atoms with Crippen molar-refractivity contribution in [1.82, 2.24) is 4.98 Å². The van der Waals surface area contributed by atoms with Crippen LogP contribution in [0.1, 0.15) is 19.4 Å². The molecule has 0 aliphatic heterocycles. The third-order valence-corrected chi connectivity index (χ3v) is 6.66. The number of rotatable bonds is 9. The van der Waals surface area contributed by atoms with Crippen LogP contribution in [0.4, 0.5) is 11.5 Å². The lowest BCUT2D eigenvalue weighted by molar-refractivity contribution is 0.409. The second-order valence-electron chi connectivity index (χ2n) is 6.95. The number of aromatic nitrogens is 1. The van der Waals surface area contributed by atoms with Gasteiger partial charge >= 0.3 is 0 Å². The van der Waals surface area contributed by atoms with Gasteiger partial charge in [-0.2, -0.15) is 0 Å². The molecule has 0 spiro atoms. The van der Waals surface area contributed by atoms with Gasteiger partial charge in [-0.05, 0) is 56.2 Å². The fourth-order valence-corrected chi connectivity index (χ4v) is 4.76. The highest BCUT2D eigenvalue weighted by Crippen LogP contribution is 2.24. The van der Waals surface area contributed by atoms with Gasteiger partial charge in [0.05, 0.1) is 12.8 Å². The number of sulfonamides is 1. The standard InChI is InChI=1S/C23H27N3O3S/c1-4-26(20-11-6-5-7-12-20)30(27,28)21-14-15-23(24-17-21)25-18(2)16-19-10-8-9-13-22(19)29-3/h5-15,17-18H,4,16H2,1-3H3,(H,24,25)/t18-/m1/s1. The summed E-state index contributed by atoms with van der Waals surface area (Å²) in [5.74, 6) is 1.47. The average Bonchev–Trinajstić information content (AvgIpc) is 2.75. The normalized spacial score (nSPS) is 12.2. The van der Waals surface area contributed by atoms with E-state index in [9.17, 15) is 8.42 Å². The number of hydrogen-bond acceptors (Lipinski definition) is 5. The van der Waals surface area contributed by atoms with E-state index in [-0.39, 0.29) is 10.9 Å². The maximum Gasteiger partial charge on any atom is 0.265 e. The van der Waals surface area contributed by atoms with Crippen LogP contribution in [0.2, 0.25) is 0 Å². The summed E-state index contributed by atoms with van der Waals surface area (Å²) in [6.07, 6.45) is 2.16. The number of anilines is 2. The second kappa shape index (κ2) is 9.63. The molecule has 0 bridgehead atoms. The fraction of sp³-hybridized carbons (Fsp3) is 0.261. The van der Waals surface area contributed by atoms with Crippen molar-refractivity contribution >= 4 is 21.5 Å². The molecule has 30 heavy (non-hydrogen) atoms. The van der Waals surface area contributed by atoms with Crippen LogP contribution in [0.5, 0.6) is 5.75 Å². The molecule has 0 amide bonds. The monoisotopic (exact) mass is 425 g/mol. The number of pyridine rings is 1. The molecule has 0 radical (unpaired) electrons. The van der Waals surface area contributed by atoms with Gasteiger partial charge in [-0.15, -0.1) is 0 Å². The van der Waals surface area contributed by atoms with Crippen LogP contribution in [0.15, 0.2) is 77.8 Å². The molecule has 0 aliphatic carbocycles. The summed E-state index contributed by atoms with van der Waals surface area (Å²) in [7, 11) is -2.02. The summed E-state index contributed by atoms with van der Waals surface area (Å²) in [4.78, 5) is 4.49. The molecule has 2 aromatic carbocycles. The lowest BCUT2D eigenvalue weighted by Crippen LogP contribution is -2.30. The molecule has 1 N–H and O–H groups in total. The third-order valence-electron chi connectivity index (χ3n) is 4.77. The zero-order chi connectivity index (χ0) is 21.6. The highest BCUT2D eigenvalue weighted by molar-refractivity contribution is 7.92. The Kier molecular flexibility index (Phi) is 6.95. The van der Waals surface area contributed by atoms with Crippen molar-refractivity contribution in [2.45, 2.75) is 31.2 Å². The smallest absolute Gasteiger partial charge is 0.265 e. The van der Waals surface area contributed by atoms with Gasteiger partial charge in [-0.25, -0.2) is 13.4 Å². The minimum Gasteiger partial charge on any atom is -0.496 e. The summed E-state index contributed by atoms with van der Waals surface area (Å²) in [6, 6.07) is 20.3. The number of methoxy groups -OCH3 is 1. The zero-order valence-corrected chi connectivity index (χ0v) is 18.3. The minimum absolute atomic E-state index is 0.0905. The summed E-state index contributed by atoms with van der Waals surface area (Å²) < 4.78 is 32.9. The molecular weight excluding hydrogens is 398 g/mol. The van der Waals surface area contributed by atoms with E-state index in [0.29, 0.717) is 18.1 Å². The number of hydrogen-bond donors (Lipinski definition) is 1. The first-order valence-electron chi connectivity index (χ1n) is 9.88. The highest BCUT2D eigenvalue weighted by Gasteiger charge is 2.24. The minimum atomic E-state index is -3.68. The maximum atomic E-state index is 13.1. The molecule has 7 heteroatoms. The van der Waals surface area contributed by atoms with Gasteiger partial charge in [0.2, 0.25) is 0 Å². The first kappa shape index (κ1) is 21.6. The zero-order valence-electron chi connectivity index (χ0n) is 17.4. The fourth-order valence-electron chi connectivity index (χ4n) is 3.34. The largest absolute Gasteiger partial charge is 0.496 e. The van der Waals surface area contributed by atoms with E-state index in [1.54, 1.807) is 31.4 Å². The van der Waals surface area contributed by atoms with Crippen molar-refractivity contribution in [3.05, 3.63) is 78.5 Å². The summed E-state index contributed by atoms with van der Waals surface area (Å²) in [5.41, 5.74) is 1.73. The molecule has 0 unspecified atom stereocenters. The van der Waals surface area contributed by atoms with Gasteiger partial charge in [0, 0.05) is 18.8 Å². The van der Waals surface area contributed by atoms with Crippen molar-refractivity contribution in [3.8, 4) is 5.75 Å². The summed E-state index contributed by atoms with van der Waals surface area (Å²) in [6.45, 7) is 4.20. The van der Waals surface area contributed by atoms with Gasteiger partial charge in [0.25, 0.3) is 10.0 Å². The van der Waals surface area contributed by atoms with Gasteiger partial charge in [-0.1, -0.05) is 36.4 Å². The number of benzene rings is 2. The Hall–Kier alpha value is -3.06. The third kappa shape index (κ3) is 4.91. The van der Waals surface area contributed by atoms with E-state index < -0.39 is 10.0 Å². The molecule has 6 nitrogen and oxygen atoms in total. The number of para-hydroxylation sites is 2. The van der Waals surface area contributed by atoms with Gasteiger partial charge < -0.3 is 10.1 Å². The summed E-state index contributed by atoms with van der Waals surface area (Å²) in [5, 5.41) is 3.32. The molecule has 3 aromatic rings. The molecule has 0 aliphatic rings. The van der Waals surface area contributed by atoms with Crippen LogP contribution in [0.3, 0.4) is 0 Å². The Labute approximate surface area is 178 Å². The number of nitrogens with zero attached hydrogens (tertiary/aromatic N) is 2. The van der Waals surface area contributed by atoms with E-state index in [2.05, 4.69) is 10.3 Å². The molecular formula is C23H27N3O3S. The molecule has 0 saturated carbocycles. The van der Waals surface area contributed by atoms with Crippen LogP contribution in [-0.4, -0.2) is 33.1 Å². The Bertz CT molecular complexity index is 1050. The van der Waals surface area contributed by atoms with Crippen LogP contribution in [-0.2, 0) is 16.4 Å². The van der Waals surface area contributed by atoms with Crippen molar-refractivity contribution in [2.75, 3.05) is 23.3 Å². The molecule has 1 heterocycles. The first-order valence-corrected chi connectivity index (χ1v) is 11.3. The van der Waals surface area contributed by atoms with Crippen molar-refractivity contribution in [2.24, 2.45) is 0 Å². The predicted molar refractivity (Wildman–Crippen MR) is 121 cm³/mol. The molecule has 1 atom stereocenters. The number of ether oxygens (including phenoxy) is 1. The first-order chi connectivity index (χ1) is 14.5. The summed E-state index contributed by atoms with van der Waals surface area (Å²) >= 11 is 0. The van der Waals surface area contributed by atoms with Gasteiger partial charge in [0.15, 0.2) is 0 Å². The Morgan fingerprint density at radius 2 is 1.73 bits per heavy atom. The van der Waals surface area contributed by atoms with Crippen LogP contribution >= 0.6 is 0 Å². The molecule has 0 fully saturated rings. The van der Waals surface area contributed by atoms with Gasteiger partial charge in [-0.3, -0.25) is 4.31 Å². The SMILES string of the molecule is CCN(c1ccccc1)S(=O)(=O)c1ccc(N[C@H](C)Cc2ccccc2OC)nc1. The maximum absolute atomic E-state index is 13.1. The van der Waals surface area contributed by atoms with E-state index in [0.717, 1.165) is 17.7 Å². The van der Waals surface area contributed by atoms with Crippen molar-refractivity contribution < 1.29 is 13.2 Å². The quantitative estimate of drug-likeness (QED) is 0.552. The lowest BCUT2D eigenvalue weighted by Gasteiger charge is -2.23. The van der Waals surface area contributed by atoms with E-state index in [1.807, 2.05) is 56.3 Å². The Morgan fingerprint density at radius 3 is 2.37 bits per heavy atom. The average molecular weight is 426 g/mol. The molecule has 0 saturated heterocycles.